The first-order chi connectivity index (χ1) is 4.56. The van der Waals surface area contributed by atoms with E-state index in [1.807, 2.05) is 0 Å². The van der Waals surface area contributed by atoms with E-state index < -0.39 is 12.6 Å². The molecule has 0 aromatic rings. The largest absolute Gasteiger partial charge is 0.389 e. The molecule has 0 bridgehead atoms. The lowest BCUT2D eigenvalue weighted by atomic mass is 10.2. The van der Waals surface area contributed by atoms with E-state index in [1.54, 1.807) is 0 Å². The quantitative estimate of drug-likeness (QED) is 0.414. The molecule has 4 heteroatoms. The predicted octanol–water partition coefficient (Wildman–Crippen LogP) is 3.54. The van der Waals surface area contributed by atoms with Gasteiger partial charge in [0.05, 0.1) is 0 Å². The lowest BCUT2D eigenvalue weighted by Gasteiger charge is -2.03. The van der Waals surface area contributed by atoms with Gasteiger partial charge in [-0.1, -0.05) is 29.0 Å². The minimum absolute atomic E-state index is 0.284. The molecule has 0 saturated carbocycles. The SMILES string of the molecule is FC(F)(F)CCCCCI. The Morgan fingerprint density at radius 1 is 1.00 bits per heavy atom. The van der Waals surface area contributed by atoms with Crippen LogP contribution in [0.25, 0.3) is 0 Å². The molecule has 0 amide bonds. The second-order valence-corrected chi connectivity index (χ2v) is 3.19. The van der Waals surface area contributed by atoms with E-state index in [1.165, 1.54) is 0 Å². The van der Waals surface area contributed by atoms with Crippen molar-refractivity contribution < 1.29 is 13.2 Å². The lowest BCUT2D eigenvalue weighted by Crippen LogP contribution is -2.06. The molecule has 0 radical (unpaired) electrons. The smallest absolute Gasteiger partial charge is 0.171 e. The summed E-state index contributed by atoms with van der Waals surface area (Å²) in [6, 6.07) is 0. The summed E-state index contributed by atoms with van der Waals surface area (Å²) in [4.78, 5) is 0. The van der Waals surface area contributed by atoms with Crippen LogP contribution < -0.4 is 0 Å². The van der Waals surface area contributed by atoms with Crippen molar-refractivity contribution in [2.45, 2.75) is 31.9 Å². The third-order valence-corrected chi connectivity index (χ3v) is 1.86. The summed E-state index contributed by atoms with van der Waals surface area (Å²) < 4.78 is 35.4. The standard InChI is InChI=1S/C6H10F3I/c7-6(8,9)4-2-1-3-5-10/h1-5H2. The maximum atomic E-state index is 11.5. The summed E-state index contributed by atoms with van der Waals surface area (Å²) in [6.45, 7) is 0. The van der Waals surface area contributed by atoms with Gasteiger partial charge in [0.15, 0.2) is 0 Å². The minimum atomic E-state index is -3.95. The molecule has 0 heterocycles. The lowest BCUT2D eigenvalue weighted by molar-refractivity contribution is -0.135. The van der Waals surface area contributed by atoms with E-state index in [4.69, 9.17) is 0 Å². The predicted molar refractivity (Wildman–Crippen MR) is 43.4 cm³/mol. The normalized spacial score (nSPS) is 12.0. The zero-order valence-corrected chi connectivity index (χ0v) is 7.70. The monoisotopic (exact) mass is 266 g/mol. The second-order valence-electron chi connectivity index (χ2n) is 2.11. The van der Waals surface area contributed by atoms with Gasteiger partial charge in [-0.05, 0) is 17.3 Å². The molecular formula is C6H10F3I. The van der Waals surface area contributed by atoms with E-state index >= 15 is 0 Å². The number of unbranched alkanes of at least 4 members (excludes halogenated alkanes) is 2. The fourth-order valence-electron chi connectivity index (χ4n) is 0.597. The molecule has 0 aromatic carbocycles. The van der Waals surface area contributed by atoms with Crippen LogP contribution in [0.3, 0.4) is 0 Å². The first-order valence-corrected chi connectivity index (χ1v) is 4.71. The van der Waals surface area contributed by atoms with Gasteiger partial charge in [-0.25, -0.2) is 0 Å². The highest BCUT2D eigenvalue weighted by atomic mass is 127. The van der Waals surface area contributed by atoms with Gasteiger partial charge in [0.25, 0.3) is 0 Å². The van der Waals surface area contributed by atoms with Gasteiger partial charge in [0, 0.05) is 6.42 Å². The van der Waals surface area contributed by atoms with Crippen LogP contribution in [0.15, 0.2) is 0 Å². The molecule has 10 heavy (non-hydrogen) atoms. The van der Waals surface area contributed by atoms with Crippen molar-refractivity contribution in [1.29, 1.82) is 0 Å². The Morgan fingerprint density at radius 2 is 1.60 bits per heavy atom. The van der Waals surface area contributed by atoms with Crippen molar-refractivity contribution in [3.8, 4) is 0 Å². The molecule has 0 rings (SSSR count). The Bertz CT molecular complexity index is 79.6. The average molecular weight is 266 g/mol. The van der Waals surface area contributed by atoms with Crippen LogP contribution in [0.1, 0.15) is 25.7 Å². The molecule has 0 aromatic heterocycles. The molecule has 0 saturated heterocycles. The molecule has 0 atom stereocenters. The van der Waals surface area contributed by atoms with E-state index in [2.05, 4.69) is 22.6 Å². The Labute approximate surface area is 72.3 Å². The van der Waals surface area contributed by atoms with Gasteiger partial charge in [-0.3, -0.25) is 0 Å². The average Bonchev–Trinajstić information content (AvgIpc) is 1.78. The third-order valence-electron chi connectivity index (χ3n) is 1.09. The van der Waals surface area contributed by atoms with Crippen LogP contribution >= 0.6 is 22.6 Å². The molecule has 0 unspecified atom stereocenters. The molecule has 0 aliphatic carbocycles. The van der Waals surface area contributed by atoms with Crippen molar-refractivity contribution in [1.82, 2.24) is 0 Å². The summed E-state index contributed by atoms with van der Waals surface area (Å²) in [5, 5.41) is 0. The van der Waals surface area contributed by atoms with E-state index in [9.17, 15) is 13.2 Å². The highest BCUT2D eigenvalue weighted by Gasteiger charge is 2.25. The number of alkyl halides is 4. The van der Waals surface area contributed by atoms with Crippen LogP contribution in [0.2, 0.25) is 0 Å². The summed E-state index contributed by atoms with van der Waals surface area (Å²) in [5.41, 5.74) is 0. The van der Waals surface area contributed by atoms with Crippen molar-refractivity contribution in [3.05, 3.63) is 0 Å². The Kier molecular flexibility index (Phi) is 5.48. The number of halogens is 4. The maximum Gasteiger partial charge on any atom is 0.389 e. The summed E-state index contributed by atoms with van der Waals surface area (Å²) in [7, 11) is 0. The van der Waals surface area contributed by atoms with Crippen molar-refractivity contribution in [2.24, 2.45) is 0 Å². The molecule has 0 aliphatic heterocycles. The van der Waals surface area contributed by atoms with Gasteiger partial charge in [-0.15, -0.1) is 0 Å². The molecule has 0 spiro atoms. The van der Waals surface area contributed by atoms with Crippen LogP contribution in [0.5, 0.6) is 0 Å². The number of hydrogen-bond acceptors (Lipinski definition) is 0. The summed E-state index contributed by atoms with van der Waals surface area (Å²) >= 11 is 2.17. The third kappa shape index (κ3) is 8.52. The first kappa shape index (κ1) is 10.5. The molecule has 0 fully saturated rings. The van der Waals surface area contributed by atoms with Gasteiger partial charge < -0.3 is 0 Å². The summed E-state index contributed by atoms with van der Waals surface area (Å²) in [5.74, 6) is 0. The zero-order valence-electron chi connectivity index (χ0n) is 5.55. The number of rotatable bonds is 4. The fourth-order valence-corrected chi connectivity index (χ4v) is 1.14. The Balaban J connectivity index is 3.04. The van der Waals surface area contributed by atoms with Crippen LogP contribution in [-0.4, -0.2) is 10.6 Å². The van der Waals surface area contributed by atoms with Crippen LogP contribution in [0.4, 0.5) is 13.2 Å². The molecule has 0 aliphatic rings. The highest BCUT2D eigenvalue weighted by molar-refractivity contribution is 14.1. The molecular weight excluding hydrogens is 256 g/mol. The Hall–Kier alpha value is 0.520. The van der Waals surface area contributed by atoms with Crippen molar-refractivity contribution >= 4 is 22.6 Å². The molecule has 0 nitrogen and oxygen atoms in total. The topological polar surface area (TPSA) is 0 Å². The second kappa shape index (κ2) is 5.21. The number of hydrogen-bond donors (Lipinski definition) is 0. The fraction of sp³-hybridized carbons (Fsp3) is 1.00. The maximum absolute atomic E-state index is 11.5. The first-order valence-electron chi connectivity index (χ1n) is 3.19. The van der Waals surface area contributed by atoms with E-state index in [0.717, 1.165) is 10.8 Å². The highest BCUT2D eigenvalue weighted by Crippen LogP contribution is 2.22. The van der Waals surface area contributed by atoms with Gasteiger partial charge >= 0.3 is 6.18 Å². The van der Waals surface area contributed by atoms with Gasteiger partial charge in [0.2, 0.25) is 0 Å². The Morgan fingerprint density at radius 3 is 2.00 bits per heavy atom. The molecule has 0 N–H and O–H groups in total. The van der Waals surface area contributed by atoms with E-state index in [-0.39, 0.29) is 6.42 Å². The summed E-state index contributed by atoms with van der Waals surface area (Å²) in [6.07, 6.45) is -2.69. The van der Waals surface area contributed by atoms with Crippen LogP contribution in [-0.2, 0) is 0 Å². The van der Waals surface area contributed by atoms with Gasteiger partial charge in [-0.2, -0.15) is 13.2 Å². The van der Waals surface area contributed by atoms with E-state index in [0.29, 0.717) is 6.42 Å². The van der Waals surface area contributed by atoms with Crippen molar-refractivity contribution in [3.63, 3.8) is 0 Å². The van der Waals surface area contributed by atoms with Crippen LogP contribution in [0, 0.1) is 0 Å². The van der Waals surface area contributed by atoms with Crippen molar-refractivity contribution in [2.75, 3.05) is 4.43 Å². The van der Waals surface area contributed by atoms with Gasteiger partial charge in [0.1, 0.15) is 0 Å². The minimum Gasteiger partial charge on any atom is -0.171 e. The zero-order chi connectivity index (χ0) is 8.04. The molecule has 62 valence electrons.